The van der Waals surface area contributed by atoms with E-state index in [1.807, 2.05) is 0 Å². The van der Waals surface area contributed by atoms with Gasteiger partial charge in [-0.1, -0.05) is 30.3 Å². The summed E-state index contributed by atoms with van der Waals surface area (Å²) in [5.74, 6) is 0. The maximum atomic E-state index is 6.44. The summed E-state index contributed by atoms with van der Waals surface area (Å²) in [6, 6.07) is 12.9. The van der Waals surface area contributed by atoms with Crippen molar-refractivity contribution in [2.24, 2.45) is 0 Å². The van der Waals surface area contributed by atoms with Crippen molar-refractivity contribution in [2.75, 3.05) is 0 Å². The molecule has 0 amide bonds. The Morgan fingerprint density at radius 2 is 1.00 bits per heavy atom. The third-order valence-corrected chi connectivity index (χ3v) is 6.33. The lowest BCUT2D eigenvalue weighted by atomic mass is 9.78. The maximum absolute atomic E-state index is 6.44. The van der Waals surface area contributed by atoms with Crippen molar-refractivity contribution in [1.82, 2.24) is 9.80 Å². The zero-order valence-corrected chi connectivity index (χ0v) is 20.4. The van der Waals surface area contributed by atoms with Crippen LogP contribution in [0.3, 0.4) is 0 Å². The summed E-state index contributed by atoms with van der Waals surface area (Å²) in [6.07, 6.45) is 0. The molecule has 0 N–H and O–H groups in total. The lowest BCUT2D eigenvalue weighted by molar-refractivity contribution is -0.101. The molecule has 4 heteroatoms. The van der Waals surface area contributed by atoms with Crippen LogP contribution >= 0.6 is 9.47 Å². The molecule has 0 heterocycles. The zero-order chi connectivity index (χ0) is 20.9. The van der Waals surface area contributed by atoms with Crippen molar-refractivity contribution in [3.8, 4) is 0 Å². The average Bonchev–Trinajstić information content (AvgIpc) is 2.55. The largest absolute Gasteiger partial charge is 0.351 e. The van der Waals surface area contributed by atoms with Crippen molar-refractivity contribution < 1.29 is 4.52 Å². The Balaban J connectivity index is 3.66. The lowest BCUT2D eigenvalue weighted by Gasteiger charge is -2.54. The molecule has 0 spiro atoms. The van der Waals surface area contributed by atoms with E-state index < -0.39 is 5.60 Å². The molecule has 27 heavy (non-hydrogen) atoms. The Morgan fingerprint density at radius 1 is 0.667 bits per heavy atom. The molecule has 1 rings (SSSR count). The minimum Gasteiger partial charge on any atom is -0.351 e. The predicted octanol–water partition coefficient (Wildman–Crippen LogP) is 5.70. The van der Waals surface area contributed by atoms with Crippen molar-refractivity contribution in [3.05, 3.63) is 35.9 Å². The second kappa shape index (κ2) is 10.3. The molecule has 1 aromatic rings. The fourth-order valence-electron chi connectivity index (χ4n) is 5.22. The van der Waals surface area contributed by atoms with Gasteiger partial charge >= 0.3 is 0 Å². The molecule has 1 aromatic carbocycles. The summed E-state index contributed by atoms with van der Waals surface area (Å²) in [5.41, 5.74) is 0.771. The quantitative estimate of drug-likeness (QED) is 0.473. The van der Waals surface area contributed by atoms with E-state index in [4.69, 9.17) is 4.52 Å². The summed E-state index contributed by atoms with van der Waals surface area (Å²) in [7, 11) is 2.60. The van der Waals surface area contributed by atoms with Crippen molar-refractivity contribution >= 4 is 9.47 Å². The van der Waals surface area contributed by atoms with Crippen LogP contribution in [0.15, 0.2) is 30.3 Å². The Labute approximate surface area is 171 Å². The SMILES string of the molecule is CC(C)N(C(C)C)C(C)C(OP)(c1ccccc1)C(C)N(C(C)C)C(C)C. The second-order valence-electron chi connectivity index (χ2n) is 8.90. The van der Waals surface area contributed by atoms with E-state index in [9.17, 15) is 0 Å². The van der Waals surface area contributed by atoms with Crippen LogP contribution < -0.4 is 0 Å². The highest BCUT2D eigenvalue weighted by molar-refractivity contribution is 7.09. The minimum absolute atomic E-state index is 0.201. The summed E-state index contributed by atoms with van der Waals surface area (Å²) in [4.78, 5) is 5.15. The molecule has 0 saturated carbocycles. The van der Waals surface area contributed by atoms with Gasteiger partial charge in [-0.25, -0.2) is 0 Å². The summed E-state index contributed by atoms with van der Waals surface area (Å²) >= 11 is 0. The Bertz CT molecular complexity index is 503. The molecule has 0 aliphatic heterocycles. The average molecular weight is 395 g/mol. The highest BCUT2D eigenvalue weighted by atomic mass is 31.0. The number of hydrogen-bond acceptors (Lipinski definition) is 3. The van der Waals surface area contributed by atoms with Crippen LogP contribution in [0.4, 0.5) is 0 Å². The molecule has 0 fully saturated rings. The van der Waals surface area contributed by atoms with Crippen LogP contribution in [0.1, 0.15) is 74.8 Å². The van der Waals surface area contributed by atoms with Crippen LogP contribution in [-0.4, -0.2) is 46.1 Å². The number of hydrogen-bond donors (Lipinski definition) is 0. The molecule has 0 aromatic heterocycles. The third-order valence-electron chi connectivity index (χ3n) is 5.94. The van der Waals surface area contributed by atoms with Gasteiger partial charge in [0.15, 0.2) is 0 Å². The Kier molecular flexibility index (Phi) is 9.42. The van der Waals surface area contributed by atoms with Crippen molar-refractivity contribution in [1.29, 1.82) is 0 Å². The highest BCUT2D eigenvalue weighted by Crippen LogP contribution is 2.42. The summed E-state index contributed by atoms with van der Waals surface area (Å²) in [5, 5.41) is 0. The van der Waals surface area contributed by atoms with Gasteiger partial charge in [-0.05, 0) is 74.8 Å². The fourth-order valence-corrected chi connectivity index (χ4v) is 5.75. The first-order chi connectivity index (χ1) is 12.5. The zero-order valence-electron chi connectivity index (χ0n) is 19.2. The minimum atomic E-state index is -0.463. The molecule has 0 bridgehead atoms. The second-order valence-corrected chi connectivity index (χ2v) is 9.13. The molecule has 0 aliphatic carbocycles. The molecule has 0 radical (unpaired) electrons. The Hall–Kier alpha value is -0.470. The molecule has 0 aliphatic rings. The van der Waals surface area contributed by atoms with Gasteiger partial charge in [0.1, 0.15) is 5.60 Å². The normalized spacial score (nSPS) is 17.4. The van der Waals surface area contributed by atoms with Crippen molar-refractivity contribution in [3.63, 3.8) is 0 Å². The highest BCUT2D eigenvalue weighted by Gasteiger charge is 2.49. The standard InChI is InChI=1S/C23H43N2OP/c1-16(2)24(17(3)4)20(9)23(26-27,22-14-12-11-13-15-22)21(10)25(18(5)6)19(7)8/h11-21H,27H2,1-10H3. The topological polar surface area (TPSA) is 15.7 Å². The predicted molar refractivity (Wildman–Crippen MR) is 122 cm³/mol. The van der Waals surface area contributed by atoms with Crippen LogP contribution in [0.25, 0.3) is 0 Å². The van der Waals surface area contributed by atoms with Gasteiger partial charge in [-0.15, -0.1) is 0 Å². The van der Waals surface area contributed by atoms with Crippen LogP contribution in [0, 0.1) is 0 Å². The molecule has 3 nitrogen and oxygen atoms in total. The lowest BCUT2D eigenvalue weighted by Crippen LogP contribution is -2.64. The number of rotatable bonds is 10. The third kappa shape index (κ3) is 5.12. The van der Waals surface area contributed by atoms with Gasteiger partial charge in [0.05, 0.1) is 0 Å². The van der Waals surface area contributed by atoms with E-state index in [1.165, 1.54) is 5.56 Å². The van der Waals surface area contributed by atoms with Gasteiger partial charge in [0.2, 0.25) is 0 Å². The smallest absolute Gasteiger partial charge is 0.127 e. The first kappa shape index (κ1) is 24.6. The van der Waals surface area contributed by atoms with Gasteiger partial charge in [-0.3, -0.25) is 9.80 Å². The van der Waals surface area contributed by atoms with Crippen molar-refractivity contribution in [2.45, 2.75) is 111 Å². The first-order valence-corrected chi connectivity index (χ1v) is 11.0. The van der Waals surface area contributed by atoms with Gasteiger partial charge in [-0.2, -0.15) is 0 Å². The molecule has 3 atom stereocenters. The van der Waals surface area contributed by atoms with E-state index in [2.05, 4.69) is 119 Å². The van der Waals surface area contributed by atoms with E-state index >= 15 is 0 Å². The summed E-state index contributed by atoms with van der Waals surface area (Å²) < 4.78 is 6.44. The summed E-state index contributed by atoms with van der Waals surface area (Å²) in [6.45, 7) is 22.9. The molecular weight excluding hydrogens is 351 g/mol. The molecular formula is C23H43N2OP. The van der Waals surface area contributed by atoms with Crippen LogP contribution in [0.5, 0.6) is 0 Å². The van der Waals surface area contributed by atoms with Crippen LogP contribution in [-0.2, 0) is 10.1 Å². The fraction of sp³-hybridized carbons (Fsp3) is 0.739. The first-order valence-electron chi connectivity index (χ1n) is 10.5. The number of benzene rings is 1. The van der Waals surface area contributed by atoms with E-state index in [0.717, 1.165) is 0 Å². The maximum Gasteiger partial charge on any atom is 0.127 e. The molecule has 0 saturated heterocycles. The van der Waals surface area contributed by atoms with E-state index in [-0.39, 0.29) is 12.1 Å². The Morgan fingerprint density at radius 3 is 1.26 bits per heavy atom. The monoisotopic (exact) mass is 394 g/mol. The van der Waals surface area contributed by atoms with Crippen LogP contribution in [0.2, 0.25) is 0 Å². The van der Waals surface area contributed by atoms with E-state index in [0.29, 0.717) is 24.2 Å². The molecule has 3 unspecified atom stereocenters. The van der Waals surface area contributed by atoms with Gasteiger partial charge < -0.3 is 4.52 Å². The van der Waals surface area contributed by atoms with Gasteiger partial charge in [0, 0.05) is 45.7 Å². The number of nitrogens with zero attached hydrogens (tertiary/aromatic N) is 2. The molecule has 156 valence electrons. The van der Waals surface area contributed by atoms with Gasteiger partial charge in [0.25, 0.3) is 0 Å². The van der Waals surface area contributed by atoms with E-state index in [1.54, 1.807) is 0 Å².